The molecule has 0 bridgehead atoms. The van der Waals surface area contributed by atoms with Gasteiger partial charge in [0.05, 0.1) is 6.07 Å². The number of nitrogens with one attached hydrogen (secondary N) is 1. The molecule has 2 rings (SSSR count). The first-order valence-corrected chi connectivity index (χ1v) is 7.76. The van der Waals surface area contributed by atoms with Crippen molar-refractivity contribution in [1.82, 2.24) is 10.3 Å². The number of rotatable bonds is 4. The normalized spacial score (nSPS) is 28.8. The van der Waals surface area contributed by atoms with E-state index in [2.05, 4.69) is 23.3 Å². The highest BCUT2D eigenvalue weighted by molar-refractivity contribution is 8.01. The minimum atomic E-state index is -0.304. The molecular formula is C12H17N3S2. The monoisotopic (exact) mass is 267 g/mol. The van der Waals surface area contributed by atoms with Gasteiger partial charge in [-0.3, -0.25) is 5.32 Å². The third-order valence-electron chi connectivity index (χ3n) is 3.11. The second-order valence-electron chi connectivity index (χ2n) is 4.36. The Morgan fingerprint density at radius 3 is 3.29 bits per heavy atom. The Hall–Kier alpha value is -0.570. The van der Waals surface area contributed by atoms with Crippen molar-refractivity contribution < 1.29 is 0 Å². The number of thioether (sulfide) groups is 1. The molecule has 1 aliphatic rings. The summed E-state index contributed by atoms with van der Waals surface area (Å²) in [4.78, 5) is 4.31. The number of nitriles is 1. The lowest BCUT2D eigenvalue weighted by Gasteiger charge is -2.35. The Morgan fingerprint density at radius 2 is 2.65 bits per heavy atom. The highest BCUT2D eigenvalue weighted by Gasteiger charge is 2.36. The molecule has 0 radical (unpaired) electrons. The van der Waals surface area contributed by atoms with Gasteiger partial charge >= 0.3 is 0 Å². The first kappa shape index (κ1) is 12.9. The van der Waals surface area contributed by atoms with E-state index in [0.29, 0.717) is 5.25 Å². The highest BCUT2D eigenvalue weighted by Crippen LogP contribution is 2.38. The van der Waals surface area contributed by atoms with Crippen molar-refractivity contribution in [1.29, 1.82) is 5.26 Å². The van der Waals surface area contributed by atoms with Crippen LogP contribution in [0.3, 0.4) is 0 Å². The van der Waals surface area contributed by atoms with Crippen LogP contribution in [-0.2, 0) is 0 Å². The van der Waals surface area contributed by atoms with E-state index in [9.17, 15) is 5.26 Å². The SMILES string of the molecule is CCNC1(C#N)CCCC(Sc2nccs2)C1. The number of nitrogens with zero attached hydrogens (tertiary/aromatic N) is 2. The van der Waals surface area contributed by atoms with Crippen molar-refractivity contribution in [3.05, 3.63) is 11.6 Å². The summed E-state index contributed by atoms with van der Waals surface area (Å²) in [5.41, 5.74) is -0.304. The van der Waals surface area contributed by atoms with Crippen molar-refractivity contribution in [2.24, 2.45) is 0 Å². The van der Waals surface area contributed by atoms with E-state index in [1.807, 2.05) is 23.3 Å². The summed E-state index contributed by atoms with van der Waals surface area (Å²) >= 11 is 3.52. The Kier molecular flexibility index (Phi) is 4.43. The van der Waals surface area contributed by atoms with Crippen LogP contribution < -0.4 is 5.32 Å². The Morgan fingerprint density at radius 1 is 1.76 bits per heavy atom. The predicted octanol–water partition coefficient (Wildman–Crippen LogP) is 3.05. The number of thiazole rings is 1. The zero-order valence-electron chi connectivity index (χ0n) is 9.98. The summed E-state index contributed by atoms with van der Waals surface area (Å²) in [6.45, 7) is 2.93. The van der Waals surface area contributed by atoms with Crippen molar-refractivity contribution in [3.8, 4) is 6.07 Å². The number of hydrogen-bond acceptors (Lipinski definition) is 5. The van der Waals surface area contributed by atoms with Crippen molar-refractivity contribution in [2.45, 2.75) is 47.7 Å². The van der Waals surface area contributed by atoms with E-state index >= 15 is 0 Å². The topological polar surface area (TPSA) is 48.7 Å². The van der Waals surface area contributed by atoms with Crippen LogP contribution in [0, 0.1) is 11.3 Å². The smallest absolute Gasteiger partial charge is 0.150 e. The van der Waals surface area contributed by atoms with E-state index in [1.54, 1.807) is 11.3 Å². The summed E-state index contributed by atoms with van der Waals surface area (Å²) in [6.07, 6.45) is 6.08. The first-order valence-electron chi connectivity index (χ1n) is 6.00. The van der Waals surface area contributed by atoms with Crippen LogP contribution in [0.25, 0.3) is 0 Å². The van der Waals surface area contributed by atoms with Crippen LogP contribution >= 0.6 is 23.1 Å². The van der Waals surface area contributed by atoms with Crippen LogP contribution in [0.15, 0.2) is 15.9 Å². The third kappa shape index (κ3) is 3.21. The lowest BCUT2D eigenvalue weighted by atomic mass is 9.82. The maximum absolute atomic E-state index is 9.38. The summed E-state index contributed by atoms with van der Waals surface area (Å²) < 4.78 is 1.13. The van der Waals surface area contributed by atoms with Gasteiger partial charge in [0, 0.05) is 16.8 Å². The lowest BCUT2D eigenvalue weighted by Crippen LogP contribution is -2.48. The standard InChI is InChI=1S/C12H17N3S2/c1-2-15-12(9-13)5-3-4-10(8-12)17-11-14-6-7-16-11/h6-7,10,15H,2-5,8H2,1H3. The fourth-order valence-electron chi connectivity index (χ4n) is 2.38. The van der Waals surface area contributed by atoms with Crippen LogP contribution in [0.1, 0.15) is 32.6 Å². The molecule has 2 atom stereocenters. The van der Waals surface area contributed by atoms with E-state index in [-0.39, 0.29) is 5.54 Å². The maximum Gasteiger partial charge on any atom is 0.150 e. The van der Waals surface area contributed by atoms with Gasteiger partial charge < -0.3 is 0 Å². The molecule has 17 heavy (non-hydrogen) atoms. The molecule has 92 valence electrons. The molecule has 1 aromatic heterocycles. The molecule has 1 heterocycles. The molecule has 1 saturated carbocycles. The summed E-state index contributed by atoms with van der Waals surface area (Å²) in [7, 11) is 0. The van der Waals surface area contributed by atoms with E-state index in [0.717, 1.165) is 30.1 Å². The summed E-state index contributed by atoms with van der Waals surface area (Å²) in [6, 6.07) is 2.49. The molecule has 0 aliphatic heterocycles. The average Bonchev–Trinajstić information content (AvgIpc) is 2.83. The van der Waals surface area contributed by atoms with E-state index in [4.69, 9.17) is 0 Å². The minimum absolute atomic E-state index is 0.304. The molecule has 1 N–H and O–H groups in total. The molecule has 2 unspecified atom stereocenters. The molecule has 1 fully saturated rings. The van der Waals surface area contributed by atoms with Gasteiger partial charge in [-0.25, -0.2) is 4.98 Å². The van der Waals surface area contributed by atoms with Crippen molar-refractivity contribution >= 4 is 23.1 Å². The van der Waals surface area contributed by atoms with Gasteiger partial charge in [0.1, 0.15) is 9.88 Å². The van der Waals surface area contributed by atoms with E-state index < -0.39 is 0 Å². The lowest BCUT2D eigenvalue weighted by molar-refractivity contribution is 0.309. The molecule has 0 aromatic carbocycles. The Bertz CT molecular complexity index is 381. The zero-order valence-corrected chi connectivity index (χ0v) is 11.6. The predicted molar refractivity (Wildman–Crippen MR) is 72.2 cm³/mol. The Balaban J connectivity index is 1.99. The average molecular weight is 267 g/mol. The van der Waals surface area contributed by atoms with Gasteiger partial charge in [-0.05, 0) is 32.2 Å². The maximum atomic E-state index is 9.38. The molecule has 0 saturated heterocycles. The van der Waals surface area contributed by atoms with Crippen LogP contribution in [0.4, 0.5) is 0 Å². The van der Waals surface area contributed by atoms with Gasteiger partial charge in [0.25, 0.3) is 0 Å². The Labute approximate surface area is 111 Å². The molecule has 1 aromatic rings. The highest BCUT2D eigenvalue weighted by atomic mass is 32.2. The molecular weight excluding hydrogens is 250 g/mol. The second-order valence-corrected chi connectivity index (χ2v) is 6.80. The third-order valence-corrected chi connectivity index (χ3v) is 5.30. The summed E-state index contributed by atoms with van der Waals surface area (Å²) in [5, 5.41) is 15.3. The fraction of sp³-hybridized carbons (Fsp3) is 0.667. The zero-order chi connectivity index (χ0) is 12.1. The molecule has 5 heteroatoms. The van der Waals surface area contributed by atoms with Gasteiger partial charge in [0.15, 0.2) is 0 Å². The van der Waals surface area contributed by atoms with Gasteiger partial charge in [-0.2, -0.15) is 5.26 Å². The van der Waals surface area contributed by atoms with Gasteiger partial charge in [-0.15, -0.1) is 11.3 Å². The molecule has 0 spiro atoms. The second kappa shape index (κ2) is 5.85. The minimum Gasteiger partial charge on any atom is -0.300 e. The van der Waals surface area contributed by atoms with Crippen LogP contribution in [0.2, 0.25) is 0 Å². The fourth-order valence-corrected chi connectivity index (χ4v) is 4.59. The summed E-state index contributed by atoms with van der Waals surface area (Å²) in [5.74, 6) is 0. The van der Waals surface area contributed by atoms with Crippen LogP contribution in [-0.4, -0.2) is 22.3 Å². The molecule has 1 aliphatic carbocycles. The molecule has 3 nitrogen and oxygen atoms in total. The van der Waals surface area contributed by atoms with Gasteiger partial charge in [-0.1, -0.05) is 18.7 Å². The largest absolute Gasteiger partial charge is 0.300 e. The first-order chi connectivity index (χ1) is 8.28. The number of aromatic nitrogens is 1. The quantitative estimate of drug-likeness (QED) is 0.911. The number of hydrogen-bond donors (Lipinski definition) is 1. The van der Waals surface area contributed by atoms with Crippen LogP contribution in [0.5, 0.6) is 0 Å². The van der Waals surface area contributed by atoms with Crippen molar-refractivity contribution in [2.75, 3.05) is 6.54 Å². The molecule has 0 amide bonds. The van der Waals surface area contributed by atoms with Gasteiger partial charge in [0.2, 0.25) is 0 Å². The van der Waals surface area contributed by atoms with Crippen molar-refractivity contribution in [3.63, 3.8) is 0 Å². The van der Waals surface area contributed by atoms with E-state index in [1.165, 1.54) is 6.42 Å².